The Morgan fingerprint density at radius 2 is 1.97 bits per heavy atom. The molecule has 1 aliphatic rings. The number of fused-ring (bicyclic) bond motifs is 1. The first-order valence-corrected chi connectivity index (χ1v) is 9.47. The smallest absolute Gasteiger partial charge is 0.227 e. The van der Waals surface area contributed by atoms with Gasteiger partial charge in [-0.05, 0) is 12.0 Å². The first kappa shape index (κ1) is 19.5. The van der Waals surface area contributed by atoms with Crippen LogP contribution in [0, 0.1) is 0 Å². The van der Waals surface area contributed by atoms with Crippen LogP contribution in [0.5, 0.6) is 0 Å². The minimum atomic E-state index is -1.25. The number of hydrogen-bond acceptors (Lipinski definition) is 9. The number of nitrogens with two attached hydrogens (primary N) is 1. The number of nitrogen functional groups attached to an aromatic ring is 1. The Labute approximate surface area is 167 Å². The van der Waals surface area contributed by atoms with Gasteiger partial charge < -0.3 is 31.1 Å². The Morgan fingerprint density at radius 1 is 1.21 bits per heavy atom. The standard InChI is InChI=1S/C19H24N6O4/c1-2-11(10-6-4-3-5-7-10)22-19-23-16(20)13-17(24-19)25(9-21-13)18-15(28)14(27)12(8-26)29-18/h3-7,9,11-12,14-15,18,26-28H,2,8H2,1H3,(H3,20,22,23,24)/t11?,12-,14-,15-,18+/m1/s1. The van der Waals surface area contributed by atoms with Gasteiger partial charge in [0.15, 0.2) is 17.7 Å². The van der Waals surface area contributed by atoms with Crippen LogP contribution in [0.3, 0.4) is 0 Å². The third-order valence-corrected chi connectivity index (χ3v) is 5.15. The average molecular weight is 400 g/mol. The van der Waals surface area contributed by atoms with E-state index in [4.69, 9.17) is 10.5 Å². The van der Waals surface area contributed by atoms with E-state index in [1.165, 1.54) is 10.9 Å². The van der Waals surface area contributed by atoms with Gasteiger partial charge in [-0.25, -0.2) is 4.98 Å². The molecule has 1 fully saturated rings. The molecule has 10 heteroatoms. The quantitative estimate of drug-likeness (QED) is 0.400. The normalized spacial score (nSPS) is 25.4. The Bertz CT molecular complexity index is 981. The Kier molecular flexibility index (Phi) is 5.33. The van der Waals surface area contributed by atoms with Gasteiger partial charge in [0.2, 0.25) is 5.95 Å². The summed E-state index contributed by atoms with van der Waals surface area (Å²) >= 11 is 0. The van der Waals surface area contributed by atoms with E-state index < -0.39 is 31.1 Å². The van der Waals surface area contributed by atoms with Crippen LogP contribution in [-0.2, 0) is 4.74 Å². The number of benzene rings is 1. The van der Waals surface area contributed by atoms with Gasteiger partial charge >= 0.3 is 0 Å². The molecule has 4 rings (SSSR count). The molecule has 5 atom stereocenters. The van der Waals surface area contributed by atoms with E-state index in [1.807, 2.05) is 30.3 Å². The van der Waals surface area contributed by atoms with Gasteiger partial charge in [0.1, 0.15) is 23.8 Å². The number of rotatable bonds is 6. The molecule has 3 aromatic rings. The first-order chi connectivity index (χ1) is 14.0. The summed E-state index contributed by atoms with van der Waals surface area (Å²) in [6, 6.07) is 9.91. The molecule has 29 heavy (non-hydrogen) atoms. The van der Waals surface area contributed by atoms with Crippen molar-refractivity contribution in [3.63, 3.8) is 0 Å². The maximum Gasteiger partial charge on any atom is 0.227 e. The van der Waals surface area contributed by atoms with Crippen molar-refractivity contribution in [1.82, 2.24) is 19.5 Å². The molecule has 0 amide bonds. The van der Waals surface area contributed by atoms with Gasteiger partial charge in [-0.1, -0.05) is 37.3 Å². The summed E-state index contributed by atoms with van der Waals surface area (Å²) in [7, 11) is 0. The van der Waals surface area contributed by atoms with Crippen LogP contribution in [0.15, 0.2) is 36.7 Å². The third kappa shape index (κ3) is 3.51. The van der Waals surface area contributed by atoms with E-state index in [9.17, 15) is 15.3 Å². The summed E-state index contributed by atoms with van der Waals surface area (Å²) in [6.45, 7) is 1.64. The van der Waals surface area contributed by atoms with E-state index >= 15 is 0 Å². The topological polar surface area (TPSA) is 152 Å². The number of aliphatic hydroxyl groups is 3. The van der Waals surface area contributed by atoms with Crippen LogP contribution in [0.1, 0.15) is 31.2 Å². The van der Waals surface area contributed by atoms with Crippen LogP contribution in [0.4, 0.5) is 11.8 Å². The number of hydrogen-bond donors (Lipinski definition) is 5. The summed E-state index contributed by atoms with van der Waals surface area (Å²) in [6.07, 6.45) is -2.09. The van der Waals surface area contributed by atoms with Gasteiger partial charge in [-0.3, -0.25) is 4.57 Å². The van der Waals surface area contributed by atoms with Crippen LogP contribution in [0.2, 0.25) is 0 Å². The lowest BCUT2D eigenvalue weighted by Gasteiger charge is -2.19. The van der Waals surface area contributed by atoms with Crippen LogP contribution in [0.25, 0.3) is 11.2 Å². The maximum atomic E-state index is 10.3. The number of aromatic nitrogens is 4. The molecule has 10 nitrogen and oxygen atoms in total. The lowest BCUT2D eigenvalue weighted by Crippen LogP contribution is -2.33. The molecule has 1 saturated heterocycles. The first-order valence-electron chi connectivity index (χ1n) is 9.47. The Morgan fingerprint density at radius 3 is 2.62 bits per heavy atom. The molecule has 1 unspecified atom stereocenters. The third-order valence-electron chi connectivity index (χ3n) is 5.15. The second-order valence-corrected chi connectivity index (χ2v) is 7.00. The highest BCUT2D eigenvalue weighted by Gasteiger charge is 2.44. The minimum Gasteiger partial charge on any atom is -0.394 e. The number of anilines is 2. The fourth-order valence-corrected chi connectivity index (χ4v) is 3.56. The fourth-order valence-electron chi connectivity index (χ4n) is 3.56. The predicted molar refractivity (Wildman–Crippen MR) is 106 cm³/mol. The molecule has 2 aromatic heterocycles. The molecular weight excluding hydrogens is 376 g/mol. The molecule has 3 heterocycles. The Hall–Kier alpha value is -2.79. The number of nitrogens with one attached hydrogen (secondary N) is 1. The molecule has 154 valence electrons. The second kappa shape index (κ2) is 7.91. The minimum absolute atomic E-state index is 0.0154. The highest BCUT2D eigenvalue weighted by atomic mass is 16.6. The summed E-state index contributed by atoms with van der Waals surface area (Å²) in [5.41, 5.74) is 7.89. The maximum absolute atomic E-state index is 10.3. The van der Waals surface area contributed by atoms with E-state index in [0.29, 0.717) is 17.1 Å². The monoisotopic (exact) mass is 400 g/mol. The van der Waals surface area contributed by atoms with Gasteiger partial charge in [-0.2, -0.15) is 9.97 Å². The van der Waals surface area contributed by atoms with Gasteiger partial charge in [0, 0.05) is 0 Å². The Balaban J connectivity index is 1.68. The lowest BCUT2D eigenvalue weighted by molar-refractivity contribution is -0.0511. The van der Waals surface area contributed by atoms with E-state index in [-0.39, 0.29) is 11.9 Å². The molecule has 0 spiro atoms. The second-order valence-electron chi connectivity index (χ2n) is 7.00. The number of aliphatic hydroxyl groups excluding tert-OH is 3. The SMILES string of the molecule is CCC(Nc1nc(N)c2ncn([C@H]3O[C@H](CO)[C@@H](O)[C@H]3O)c2n1)c1ccccc1. The fraction of sp³-hybridized carbons (Fsp3) is 0.421. The van der Waals surface area contributed by atoms with Gasteiger partial charge in [0.05, 0.1) is 19.0 Å². The van der Waals surface area contributed by atoms with Crippen molar-refractivity contribution in [3.8, 4) is 0 Å². The predicted octanol–water partition coefficient (Wildman–Crippen LogP) is 0.583. The zero-order valence-corrected chi connectivity index (χ0v) is 15.9. The summed E-state index contributed by atoms with van der Waals surface area (Å²) in [5, 5.41) is 33.0. The zero-order chi connectivity index (χ0) is 20.5. The number of imidazole rings is 1. The van der Waals surface area contributed by atoms with Crippen molar-refractivity contribution in [2.45, 2.75) is 43.9 Å². The summed E-state index contributed by atoms with van der Waals surface area (Å²) in [4.78, 5) is 13.1. The molecule has 0 bridgehead atoms. The van der Waals surface area contributed by atoms with Crippen molar-refractivity contribution in [2.24, 2.45) is 0 Å². The van der Waals surface area contributed by atoms with Crippen molar-refractivity contribution in [3.05, 3.63) is 42.2 Å². The van der Waals surface area contributed by atoms with E-state index in [0.717, 1.165) is 12.0 Å². The molecule has 1 aliphatic heterocycles. The molecule has 1 aromatic carbocycles. The van der Waals surface area contributed by atoms with Crippen molar-refractivity contribution >= 4 is 22.9 Å². The van der Waals surface area contributed by atoms with E-state index in [2.05, 4.69) is 27.2 Å². The molecular formula is C19H24N6O4. The lowest BCUT2D eigenvalue weighted by atomic mass is 10.1. The van der Waals surface area contributed by atoms with Crippen LogP contribution in [-0.4, -0.2) is 59.8 Å². The largest absolute Gasteiger partial charge is 0.394 e. The molecule has 0 aliphatic carbocycles. The van der Waals surface area contributed by atoms with Gasteiger partial charge in [-0.15, -0.1) is 0 Å². The summed E-state index contributed by atoms with van der Waals surface area (Å²) in [5.74, 6) is 0.505. The van der Waals surface area contributed by atoms with Crippen molar-refractivity contribution in [1.29, 1.82) is 0 Å². The van der Waals surface area contributed by atoms with E-state index in [1.54, 1.807) is 0 Å². The zero-order valence-electron chi connectivity index (χ0n) is 15.9. The van der Waals surface area contributed by atoms with Crippen LogP contribution < -0.4 is 11.1 Å². The van der Waals surface area contributed by atoms with Crippen molar-refractivity contribution < 1.29 is 20.1 Å². The van der Waals surface area contributed by atoms with Crippen LogP contribution >= 0.6 is 0 Å². The molecule has 6 N–H and O–H groups in total. The van der Waals surface area contributed by atoms with Gasteiger partial charge in [0.25, 0.3) is 0 Å². The highest BCUT2D eigenvalue weighted by Crippen LogP contribution is 2.32. The highest BCUT2D eigenvalue weighted by molar-refractivity contribution is 5.83. The average Bonchev–Trinajstić information content (AvgIpc) is 3.28. The molecule has 0 radical (unpaired) electrons. The summed E-state index contributed by atoms with van der Waals surface area (Å²) < 4.78 is 7.08. The number of ether oxygens (including phenoxy) is 1. The van der Waals surface area contributed by atoms with Crippen molar-refractivity contribution in [2.75, 3.05) is 17.7 Å². The number of nitrogens with zero attached hydrogens (tertiary/aromatic N) is 4. The molecule has 0 saturated carbocycles.